The molecule has 164 valence electrons. The molecule has 0 bridgehead atoms. The summed E-state index contributed by atoms with van der Waals surface area (Å²) in [5.41, 5.74) is 5.11. The lowest BCUT2D eigenvalue weighted by molar-refractivity contribution is -0.135. The van der Waals surface area contributed by atoms with Crippen LogP contribution in [0.3, 0.4) is 0 Å². The van der Waals surface area contributed by atoms with Crippen LogP contribution in [-0.4, -0.2) is 5.91 Å². The van der Waals surface area contributed by atoms with Gasteiger partial charge in [-0.15, -0.1) is 0 Å². The molecular formula is C27H38ClNO. The van der Waals surface area contributed by atoms with Crippen molar-refractivity contribution in [1.29, 1.82) is 0 Å². The van der Waals surface area contributed by atoms with Gasteiger partial charge < -0.3 is 5.32 Å². The lowest BCUT2D eigenvalue weighted by Gasteiger charge is -2.56. The fourth-order valence-corrected chi connectivity index (χ4v) is 7.34. The molecule has 30 heavy (non-hydrogen) atoms. The summed E-state index contributed by atoms with van der Waals surface area (Å²) in [5, 5.41) is 3.88. The molecule has 4 rings (SSSR count). The third kappa shape index (κ3) is 3.53. The first-order valence-corrected chi connectivity index (χ1v) is 12.3. The van der Waals surface area contributed by atoms with E-state index in [-0.39, 0.29) is 16.7 Å². The summed E-state index contributed by atoms with van der Waals surface area (Å²) < 4.78 is 0. The fourth-order valence-electron chi connectivity index (χ4n) is 7.07. The van der Waals surface area contributed by atoms with Gasteiger partial charge in [0.2, 0.25) is 5.91 Å². The van der Waals surface area contributed by atoms with Crippen molar-refractivity contribution in [1.82, 2.24) is 0 Å². The third-order valence-corrected chi connectivity index (χ3v) is 9.29. The average Bonchev–Trinajstić information content (AvgIpc) is 2.70. The van der Waals surface area contributed by atoms with Crippen LogP contribution in [0.2, 0.25) is 5.02 Å². The number of anilines is 1. The second-order valence-corrected chi connectivity index (χ2v) is 11.4. The Morgan fingerprint density at radius 3 is 2.63 bits per heavy atom. The van der Waals surface area contributed by atoms with Crippen LogP contribution in [-0.2, 0) is 4.79 Å². The van der Waals surface area contributed by atoms with E-state index in [1.54, 1.807) is 11.1 Å². The highest BCUT2D eigenvalue weighted by Gasteiger charge is 2.56. The minimum atomic E-state index is -0.341. The molecule has 3 aliphatic carbocycles. The normalized spacial score (nSPS) is 33.8. The zero-order valence-electron chi connectivity index (χ0n) is 19.4. The number of para-hydroxylation sites is 1. The maximum absolute atomic E-state index is 13.7. The zero-order valence-corrected chi connectivity index (χ0v) is 20.2. The van der Waals surface area contributed by atoms with Crippen LogP contribution < -0.4 is 5.32 Å². The Labute approximate surface area is 187 Å². The van der Waals surface area contributed by atoms with Gasteiger partial charge >= 0.3 is 0 Å². The predicted octanol–water partition coefficient (Wildman–Crippen LogP) is 7.95. The molecule has 0 heterocycles. The number of amides is 1. The Bertz CT molecular complexity index is 851. The summed E-state index contributed by atoms with van der Waals surface area (Å²) >= 11 is 6.43. The van der Waals surface area contributed by atoms with Crippen LogP contribution >= 0.6 is 11.6 Å². The molecule has 1 fully saturated rings. The van der Waals surface area contributed by atoms with Crippen molar-refractivity contribution in [3.05, 3.63) is 39.9 Å². The number of carbonyl (C=O) groups excluding carboxylic acids is 1. The van der Waals surface area contributed by atoms with E-state index in [1.807, 2.05) is 25.1 Å². The van der Waals surface area contributed by atoms with E-state index in [0.29, 0.717) is 10.9 Å². The number of carbonyl (C=O) groups is 1. The second kappa shape index (κ2) is 8.01. The van der Waals surface area contributed by atoms with Crippen LogP contribution in [0, 0.1) is 35.5 Å². The number of halogens is 1. The molecule has 3 heteroatoms. The molecule has 1 aromatic carbocycles. The second-order valence-electron chi connectivity index (χ2n) is 11.0. The Kier molecular flexibility index (Phi) is 5.85. The van der Waals surface area contributed by atoms with Crippen molar-refractivity contribution < 1.29 is 4.79 Å². The summed E-state index contributed by atoms with van der Waals surface area (Å²) in [6.45, 7) is 11.5. The quantitative estimate of drug-likeness (QED) is 0.487. The van der Waals surface area contributed by atoms with E-state index < -0.39 is 0 Å². The Morgan fingerprint density at radius 2 is 1.93 bits per heavy atom. The monoisotopic (exact) mass is 427 g/mol. The fraction of sp³-hybridized carbons (Fsp3) is 0.667. The standard InChI is InChI=1S/C27H38ClNO/c1-17(2)19-10-12-21-20(16-19)11-13-23-26(21,4)14-7-15-27(23,5)25(30)29-24-18(3)8-6-9-22(24)28/h6,8-9,17,19,23H,7,10-16H2,1-5H3,(H,29,30)/t19?,23?,26?,27-/m1/s1. The summed E-state index contributed by atoms with van der Waals surface area (Å²) in [5.74, 6) is 2.18. The molecule has 0 aromatic heterocycles. The van der Waals surface area contributed by atoms with E-state index in [9.17, 15) is 4.79 Å². The van der Waals surface area contributed by atoms with Crippen LogP contribution in [0.25, 0.3) is 0 Å². The number of nitrogens with one attached hydrogen (secondary N) is 1. The van der Waals surface area contributed by atoms with Gasteiger partial charge in [0.05, 0.1) is 16.1 Å². The first kappa shape index (κ1) is 21.9. The highest BCUT2D eigenvalue weighted by Crippen LogP contribution is 2.62. The van der Waals surface area contributed by atoms with Gasteiger partial charge in [0, 0.05) is 0 Å². The summed E-state index contributed by atoms with van der Waals surface area (Å²) in [7, 11) is 0. The largest absolute Gasteiger partial charge is 0.324 e. The molecule has 0 saturated heterocycles. The van der Waals surface area contributed by atoms with Crippen molar-refractivity contribution in [3.8, 4) is 0 Å². The van der Waals surface area contributed by atoms with E-state index >= 15 is 0 Å². The molecule has 3 unspecified atom stereocenters. The van der Waals surface area contributed by atoms with Crippen LogP contribution in [0.15, 0.2) is 29.3 Å². The molecule has 1 N–H and O–H groups in total. The molecule has 1 saturated carbocycles. The highest BCUT2D eigenvalue weighted by molar-refractivity contribution is 6.34. The first-order chi connectivity index (χ1) is 14.2. The number of allylic oxidation sites excluding steroid dienone is 2. The first-order valence-electron chi connectivity index (χ1n) is 11.9. The minimum absolute atomic E-state index is 0.162. The average molecular weight is 428 g/mol. The van der Waals surface area contributed by atoms with Gasteiger partial charge in [-0.05, 0) is 86.7 Å². The smallest absolute Gasteiger partial charge is 0.230 e. The summed E-state index contributed by atoms with van der Waals surface area (Å²) in [6, 6.07) is 5.82. The van der Waals surface area contributed by atoms with Crippen LogP contribution in [0.4, 0.5) is 5.69 Å². The molecule has 1 aromatic rings. The lowest BCUT2D eigenvalue weighted by atomic mass is 9.48. The lowest BCUT2D eigenvalue weighted by Crippen LogP contribution is -2.52. The number of hydrogen-bond acceptors (Lipinski definition) is 1. The van der Waals surface area contributed by atoms with Crippen molar-refractivity contribution in [2.24, 2.45) is 28.6 Å². The highest BCUT2D eigenvalue weighted by atomic mass is 35.5. The topological polar surface area (TPSA) is 29.1 Å². The molecule has 0 radical (unpaired) electrons. The number of hydrogen-bond donors (Lipinski definition) is 1. The van der Waals surface area contributed by atoms with Crippen molar-refractivity contribution in [2.75, 3.05) is 5.32 Å². The molecule has 0 spiro atoms. The summed E-state index contributed by atoms with van der Waals surface area (Å²) in [6.07, 6.45) is 9.52. The Hall–Kier alpha value is -1.28. The molecule has 3 aliphatic rings. The van der Waals surface area contributed by atoms with Crippen molar-refractivity contribution >= 4 is 23.2 Å². The van der Waals surface area contributed by atoms with Crippen molar-refractivity contribution in [3.63, 3.8) is 0 Å². The Balaban J connectivity index is 1.63. The van der Waals surface area contributed by atoms with Gasteiger partial charge in [0.25, 0.3) is 0 Å². The third-order valence-electron chi connectivity index (χ3n) is 8.98. The molecule has 4 atom stereocenters. The van der Waals surface area contributed by atoms with E-state index in [4.69, 9.17) is 11.6 Å². The number of fused-ring (bicyclic) bond motifs is 2. The SMILES string of the molecule is Cc1cccc(Cl)c1NC(=O)[C@]1(C)CCCC2(C)C3=C(CCC21)CC(C(C)C)CC3. The Morgan fingerprint density at radius 1 is 1.17 bits per heavy atom. The van der Waals surface area contributed by atoms with Gasteiger partial charge in [-0.25, -0.2) is 0 Å². The van der Waals surface area contributed by atoms with Gasteiger partial charge in [0.1, 0.15) is 0 Å². The summed E-state index contributed by atoms with van der Waals surface area (Å²) in [4.78, 5) is 13.7. The van der Waals surface area contributed by atoms with Crippen LogP contribution in [0.1, 0.15) is 84.6 Å². The number of benzene rings is 1. The van der Waals surface area contributed by atoms with E-state index in [0.717, 1.165) is 42.3 Å². The van der Waals surface area contributed by atoms with E-state index in [2.05, 4.69) is 33.0 Å². The zero-order chi connectivity index (χ0) is 21.7. The maximum Gasteiger partial charge on any atom is 0.230 e. The van der Waals surface area contributed by atoms with Gasteiger partial charge in [-0.2, -0.15) is 0 Å². The number of rotatable bonds is 3. The minimum Gasteiger partial charge on any atom is -0.324 e. The molecule has 2 nitrogen and oxygen atoms in total. The molecule has 0 aliphatic heterocycles. The van der Waals surface area contributed by atoms with E-state index in [1.165, 1.54) is 32.1 Å². The van der Waals surface area contributed by atoms with Crippen molar-refractivity contribution in [2.45, 2.75) is 86.0 Å². The predicted molar refractivity (Wildman–Crippen MR) is 127 cm³/mol. The van der Waals surface area contributed by atoms with Crippen LogP contribution in [0.5, 0.6) is 0 Å². The van der Waals surface area contributed by atoms with Gasteiger partial charge in [0.15, 0.2) is 0 Å². The van der Waals surface area contributed by atoms with Gasteiger partial charge in [-0.1, -0.05) is 69.0 Å². The number of aryl methyl sites for hydroxylation is 1. The molecular weight excluding hydrogens is 390 g/mol. The maximum atomic E-state index is 13.7. The molecule has 1 amide bonds. The van der Waals surface area contributed by atoms with Gasteiger partial charge in [-0.3, -0.25) is 4.79 Å².